The molecule has 5 nitrogen and oxygen atoms in total. The minimum Gasteiger partial charge on any atom is -0.336 e. The SMILES string of the molecule is CC1CN(C(=O)c2cnn(-c3ccc(Cl)cc3)c2C(F)(F)F)CCN1. The van der Waals surface area contributed by atoms with Gasteiger partial charge in [-0.05, 0) is 31.2 Å². The van der Waals surface area contributed by atoms with Crippen LogP contribution in [0.1, 0.15) is 23.0 Å². The quantitative estimate of drug-likeness (QED) is 0.881. The lowest BCUT2D eigenvalue weighted by molar-refractivity contribution is -0.143. The van der Waals surface area contributed by atoms with Gasteiger partial charge in [-0.1, -0.05) is 11.6 Å². The van der Waals surface area contributed by atoms with Gasteiger partial charge in [0.2, 0.25) is 0 Å². The first-order chi connectivity index (χ1) is 11.8. The van der Waals surface area contributed by atoms with Crippen LogP contribution in [-0.4, -0.2) is 46.3 Å². The van der Waals surface area contributed by atoms with E-state index in [1.165, 1.54) is 29.2 Å². The number of hydrogen-bond acceptors (Lipinski definition) is 3. The predicted molar refractivity (Wildman–Crippen MR) is 86.9 cm³/mol. The molecule has 134 valence electrons. The number of aromatic nitrogens is 2. The first-order valence-electron chi connectivity index (χ1n) is 7.71. The normalized spacial score (nSPS) is 18.4. The zero-order chi connectivity index (χ0) is 18.2. The second kappa shape index (κ2) is 6.68. The van der Waals surface area contributed by atoms with Gasteiger partial charge < -0.3 is 10.2 Å². The van der Waals surface area contributed by atoms with Crippen LogP contribution in [-0.2, 0) is 6.18 Å². The number of rotatable bonds is 2. The van der Waals surface area contributed by atoms with Crippen molar-refractivity contribution in [1.29, 1.82) is 0 Å². The van der Waals surface area contributed by atoms with Crippen molar-refractivity contribution in [2.45, 2.75) is 19.1 Å². The number of benzene rings is 1. The molecule has 2 aromatic rings. The van der Waals surface area contributed by atoms with E-state index in [-0.39, 0.29) is 11.7 Å². The Kier molecular flexibility index (Phi) is 4.75. The molecule has 1 unspecified atom stereocenters. The average Bonchev–Trinajstić information content (AvgIpc) is 3.00. The molecule has 0 aliphatic carbocycles. The standard InChI is InChI=1S/C16H16ClF3N4O/c1-10-9-23(7-6-21-10)15(25)13-8-22-24(14(13)16(18,19)20)12-4-2-11(17)3-5-12/h2-5,8,10,21H,6-7,9H2,1H3. The van der Waals surface area contributed by atoms with Crippen molar-refractivity contribution in [2.75, 3.05) is 19.6 Å². The Bertz CT molecular complexity index is 773. The Hall–Kier alpha value is -2.06. The molecule has 1 aliphatic rings. The first-order valence-corrected chi connectivity index (χ1v) is 8.09. The highest BCUT2D eigenvalue weighted by molar-refractivity contribution is 6.30. The van der Waals surface area contributed by atoms with Gasteiger partial charge in [-0.3, -0.25) is 4.79 Å². The highest BCUT2D eigenvalue weighted by Gasteiger charge is 2.41. The Morgan fingerprint density at radius 1 is 1.32 bits per heavy atom. The predicted octanol–water partition coefficient (Wildman–Crippen LogP) is 2.98. The number of nitrogens with zero attached hydrogens (tertiary/aromatic N) is 3. The molecular weight excluding hydrogens is 357 g/mol. The summed E-state index contributed by atoms with van der Waals surface area (Å²) in [5.41, 5.74) is -1.34. The third-order valence-corrected chi connectivity index (χ3v) is 4.25. The number of alkyl halides is 3. The largest absolute Gasteiger partial charge is 0.434 e. The molecule has 3 rings (SSSR count). The molecule has 1 fully saturated rings. The molecule has 0 saturated carbocycles. The molecule has 9 heteroatoms. The van der Waals surface area contributed by atoms with Crippen molar-refractivity contribution in [3.05, 3.63) is 46.7 Å². The summed E-state index contributed by atoms with van der Waals surface area (Å²) >= 11 is 5.78. The summed E-state index contributed by atoms with van der Waals surface area (Å²) in [6.07, 6.45) is -3.74. The fourth-order valence-corrected chi connectivity index (χ4v) is 2.97. The van der Waals surface area contributed by atoms with E-state index in [0.29, 0.717) is 24.7 Å². The molecule has 1 aliphatic heterocycles. The zero-order valence-electron chi connectivity index (χ0n) is 13.3. The van der Waals surface area contributed by atoms with Gasteiger partial charge in [0.25, 0.3) is 5.91 Å². The van der Waals surface area contributed by atoms with E-state index in [1.54, 1.807) is 0 Å². The first kappa shape index (κ1) is 17.8. The van der Waals surface area contributed by atoms with Crippen molar-refractivity contribution in [2.24, 2.45) is 0 Å². The second-order valence-electron chi connectivity index (χ2n) is 5.90. The van der Waals surface area contributed by atoms with Crippen molar-refractivity contribution in [3.63, 3.8) is 0 Å². The van der Waals surface area contributed by atoms with Crippen LogP contribution in [0, 0.1) is 0 Å². The minimum atomic E-state index is -4.72. The number of carbonyl (C=O) groups excluding carboxylic acids is 1. The van der Waals surface area contributed by atoms with Crippen molar-refractivity contribution >= 4 is 17.5 Å². The Morgan fingerprint density at radius 2 is 2.00 bits per heavy atom. The van der Waals surface area contributed by atoms with Gasteiger partial charge in [-0.25, -0.2) is 4.68 Å². The summed E-state index contributed by atoms with van der Waals surface area (Å²) in [5.74, 6) is -0.666. The maximum absolute atomic E-state index is 13.6. The highest BCUT2D eigenvalue weighted by atomic mass is 35.5. The molecule has 1 amide bonds. The lowest BCUT2D eigenvalue weighted by atomic mass is 10.1. The van der Waals surface area contributed by atoms with Crippen LogP contribution in [0.2, 0.25) is 5.02 Å². The number of amides is 1. The summed E-state index contributed by atoms with van der Waals surface area (Å²) in [7, 11) is 0. The molecule has 2 heterocycles. The van der Waals surface area contributed by atoms with E-state index in [1.807, 2.05) is 6.92 Å². The summed E-state index contributed by atoms with van der Waals surface area (Å²) in [4.78, 5) is 14.1. The molecular formula is C16H16ClF3N4O. The fourth-order valence-electron chi connectivity index (χ4n) is 2.84. The van der Waals surface area contributed by atoms with Gasteiger partial charge in [0.1, 0.15) is 0 Å². The molecule has 1 aromatic heterocycles. The molecule has 1 atom stereocenters. The number of hydrogen-bond donors (Lipinski definition) is 1. The van der Waals surface area contributed by atoms with Crippen molar-refractivity contribution in [3.8, 4) is 5.69 Å². The molecule has 25 heavy (non-hydrogen) atoms. The number of piperazine rings is 1. The Balaban J connectivity index is 2.02. The van der Waals surface area contributed by atoms with Gasteiger partial charge in [0, 0.05) is 30.7 Å². The van der Waals surface area contributed by atoms with E-state index >= 15 is 0 Å². The molecule has 0 bridgehead atoms. The van der Waals surface area contributed by atoms with Crippen molar-refractivity contribution < 1.29 is 18.0 Å². The number of carbonyl (C=O) groups is 1. The number of nitrogens with one attached hydrogen (secondary N) is 1. The van der Waals surface area contributed by atoms with Gasteiger partial charge in [-0.15, -0.1) is 0 Å². The van der Waals surface area contributed by atoms with Gasteiger partial charge in [-0.2, -0.15) is 18.3 Å². The third kappa shape index (κ3) is 3.64. The minimum absolute atomic E-state index is 0.0262. The molecule has 1 saturated heterocycles. The zero-order valence-corrected chi connectivity index (χ0v) is 14.1. The molecule has 0 radical (unpaired) electrons. The molecule has 1 aromatic carbocycles. The monoisotopic (exact) mass is 372 g/mol. The van der Waals surface area contributed by atoms with Crippen LogP contribution < -0.4 is 5.32 Å². The van der Waals surface area contributed by atoms with E-state index in [0.717, 1.165) is 10.9 Å². The topological polar surface area (TPSA) is 50.2 Å². The summed E-state index contributed by atoms with van der Waals surface area (Å²) in [6, 6.07) is 5.81. The van der Waals surface area contributed by atoms with E-state index in [9.17, 15) is 18.0 Å². The van der Waals surface area contributed by atoms with Gasteiger partial charge in [0.05, 0.1) is 17.4 Å². The van der Waals surface area contributed by atoms with E-state index < -0.39 is 23.3 Å². The van der Waals surface area contributed by atoms with Crippen LogP contribution in [0.5, 0.6) is 0 Å². The maximum atomic E-state index is 13.6. The van der Waals surface area contributed by atoms with Crippen molar-refractivity contribution in [1.82, 2.24) is 20.0 Å². The van der Waals surface area contributed by atoms with Crippen LogP contribution in [0.4, 0.5) is 13.2 Å². The van der Waals surface area contributed by atoms with E-state index in [4.69, 9.17) is 11.6 Å². The third-order valence-electron chi connectivity index (χ3n) is 4.00. The number of halogens is 4. The summed E-state index contributed by atoms with van der Waals surface area (Å²) < 4.78 is 41.7. The molecule has 1 N–H and O–H groups in total. The smallest absolute Gasteiger partial charge is 0.336 e. The Labute approximate surface area is 147 Å². The fraction of sp³-hybridized carbons (Fsp3) is 0.375. The maximum Gasteiger partial charge on any atom is 0.434 e. The lowest BCUT2D eigenvalue weighted by Crippen LogP contribution is -2.51. The van der Waals surface area contributed by atoms with E-state index in [2.05, 4.69) is 10.4 Å². The van der Waals surface area contributed by atoms with Crippen LogP contribution >= 0.6 is 11.6 Å². The van der Waals surface area contributed by atoms with Crippen LogP contribution in [0.15, 0.2) is 30.5 Å². The summed E-state index contributed by atoms with van der Waals surface area (Å²) in [6.45, 7) is 3.12. The van der Waals surface area contributed by atoms with Crippen LogP contribution in [0.25, 0.3) is 5.69 Å². The van der Waals surface area contributed by atoms with Gasteiger partial charge >= 0.3 is 6.18 Å². The van der Waals surface area contributed by atoms with Crippen LogP contribution in [0.3, 0.4) is 0 Å². The second-order valence-corrected chi connectivity index (χ2v) is 6.34. The average molecular weight is 373 g/mol. The summed E-state index contributed by atoms with van der Waals surface area (Å²) in [5, 5.41) is 7.36. The highest BCUT2D eigenvalue weighted by Crippen LogP contribution is 2.34. The Morgan fingerprint density at radius 3 is 2.60 bits per heavy atom. The molecule has 0 spiro atoms. The van der Waals surface area contributed by atoms with Gasteiger partial charge in [0.15, 0.2) is 5.69 Å². The lowest BCUT2D eigenvalue weighted by Gasteiger charge is -2.32.